The van der Waals surface area contributed by atoms with Gasteiger partial charge in [-0.15, -0.1) is 0 Å². The highest BCUT2D eigenvalue weighted by Crippen LogP contribution is 2.27. The molecule has 1 N–H and O–H groups in total. The van der Waals surface area contributed by atoms with E-state index < -0.39 is 0 Å². The molecule has 0 radical (unpaired) electrons. The Morgan fingerprint density at radius 3 is 2.50 bits per heavy atom. The van der Waals surface area contributed by atoms with E-state index >= 15 is 0 Å². The summed E-state index contributed by atoms with van der Waals surface area (Å²) in [4.78, 5) is 15.4. The average molecular weight is 459 g/mol. The second-order valence-corrected chi connectivity index (χ2v) is 8.16. The maximum absolute atomic E-state index is 9.65. The minimum atomic E-state index is 0.0642. The Labute approximate surface area is 198 Å². The van der Waals surface area contributed by atoms with Crippen molar-refractivity contribution in [2.24, 2.45) is 0 Å². The molecule has 0 aliphatic carbocycles. The summed E-state index contributed by atoms with van der Waals surface area (Å²) in [5.74, 6) is 1.49. The van der Waals surface area contributed by atoms with Gasteiger partial charge < -0.3 is 24.4 Å². The molecule has 0 unspecified atom stereocenters. The van der Waals surface area contributed by atoms with Gasteiger partial charge in [0.1, 0.15) is 24.3 Å². The Kier molecular flexibility index (Phi) is 6.79. The van der Waals surface area contributed by atoms with Gasteiger partial charge in [-0.1, -0.05) is 0 Å². The standard InChI is InChI=1S/C25H26N6O3/c26-16-19-15-18(1-6-23(19)34-22-7-11-32-12-8-22)24-27-17-28-25(30-24)29-20-2-4-21(5-3-20)31-9-13-33-14-10-31/h1-6,15,17,22H,7-14H2,(H,27,28,29,30). The smallest absolute Gasteiger partial charge is 0.230 e. The van der Waals surface area contributed by atoms with Crippen LogP contribution in [0.5, 0.6) is 5.75 Å². The first-order chi connectivity index (χ1) is 16.8. The number of hydrogen-bond donors (Lipinski definition) is 1. The van der Waals surface area contributed by atoms with Crippen LogP contribution < -0.4 is 15.0 Å². The van der Waals surface area contributed by atoms with Crippen LogP contribution in [0.1, 0.15) is 18.4 Å². The number of morpholine rings is 1. The van der Waals surface area contributed by atoms with Gasteiger partial charge in [-0.25, -0.2) is 9.97 Å². The lowest BCUT2D eigenvalue weighted by atomic mass is 10.1. The van der Waals surface area contributed by atoms with Gasteiger partial charge in [-0.05, 0) is 42.5 Å². The second-order valence-electron chi connectivity index (χ2n) is 8.16. The normalized spacial score (nSPS) is 16.6. The first-order valence-corrected chi connectivity index (χ1v) is 11.5. The van der Waals surface area contributed by atoms with E-state index in [1.807, 2.05) is 24.3 Å². The predicted octanol–water partition coefficient (Wildman–Crippen LogP) is 3.55. The zero-order chi connectivity index (χ0) is 23.2. The number of nitrogens with one attached hydrogen (secondary N) is 1. The first kappa shape index (κ1) is 22.1. The number of hydrogen-bond acceptors (Lipinski definition) is 9. The van der Waals surface area contributed by atoms with Gasteiger partial charge >= 0.3 is 0 Å². The van der Waals surface area contributed by atoms with E-state index in [0.717, 1.165) is 56.1 Å². The van der Waals surface area contributed by atoms with Crippen molar-refractivity contribution in [3.8, 4) is 23.2 Å². The van der Waals surface area contributed by atoms with Crippen LogP contribution in [0.4, 0.5) is 17.3 Å². The molecular weight excluding hydrogens is 432 g/mol. The van der Waals surface area contributed by atoms with Gasteiger partial charge in [-0.3, -0.25) is 0 Å². The average Bonchev–Trinajstić information content (AvgIpc) is 2.91. The van der Waals surface area contributed by atoms with Gasteiger partial charge in [-0.2, -0.15) is 10.2 Å². The Hall–Kier alpha value is -3.74. The van der Waals surface area contributed by atoms with Gasteiger partial charge in [0.15, 0.2) is 5.82 Å². The highest BCUT2D eigenvalue weighted by Gasteiger charge is 2.18. The van der Waals surface area contributed by atoms with Crippen molar-refractivity contribution in [1.29, 1.82) is 5.26 Å². The summed E-state index contributed by atoms with van der Waals surface area (Å²) in [5, 5.41) is 12.9. The maximum Gasteiger partial charge on any atom is 0.230 e. The van der Waals surface area contributed by atoms with Crippen LogP contribution in [0, 0.1) is 11.3 Å². The number of anilines is 3. The molecule has 2 aliphatic rings. The fourth-order valence-corrected chi connectivity index (χ4v) is 4.03. The third-order valence-electron chi connectivity index (χ3n) is 5.89. The molecule has 2 saturated heterocycles. The molecule has 2 aromatic carbocycles. The Morgan fingerprint density at radius 2 is 1.74 bits per heavy atom. The van der Waals surface area contributed by atoms with Gasteiger partial charge in [0, 0.05) is 42.9 Å². The highest BCUT2D eigenvalue weighted by atomic mass is 16.5. The summed E-state index contributed by atoms with van der Waals surface area (Å²) < 4.78 is 16.8. The van der Waals surface area contributed by atoms with Crippen LogP contribution in [0.3, 0.4) is 0 Å². The van der Waals surface area contributed by atoms with E-state index in [9.17, 15) is 5.26 Å². The largest absolute Gasteiger partial charge is 0.489 e. The van der Waals surface area contributed by atoms with Gasteiger partial charge in [0.2, 0.25) is 5.95 Å². The third-order valence-corrected chi connectivity index (χ3v) is 5.89. The van der Waals surface area contributed by atoms with Crippen molar-refractivity contribution in [2.75, 3.05) is 49.7 Å². The van der Waals surface area contributed by atoms with Crippen LogP contribution in [0.15, 0.2) is 48.8 Å². The van der Waals surface area contributed by atoms with E-state index in [2.05, 4.69) is 43.4 Å². The van der Waals surface area contributed by atoms with E-state index in [-0.39, 0.29) is 6.10 Å². The fourth-order valence-electron chi connectivity index (χ4n) is 4.03. The summed E-state index contributed by atoms with van der Waals surface area (Å²) in [6.07, 6.45) is 3.17. The summed E-state index contributed by atoms with van der Waals surface area (Å²) >= 11 is 0. The Morgan fingerprint density at radius 1 is 0.971 bits per heavy atom. The number of rotatable bonds is 6. The van der Waals surface area contributed by atoms with Crippen LogP contribution in [-0.2, 0) is 9.47 Å². The molecule has 174 valence electrons. The molecule has 9 nitrogen and oxygen atoms in total. The number of aromatic nitrogens is 3. The Bertz CT molecular complexity index is 1150. The molecule has 0 atom stereocenters. The van der Waals surface area contributed by atoms with E-state index in [1.54, 1.807) is 6.07 Å². The monoisotopic (exact) mass is 458 g/mol. The fraction of sp³-hybridized carbons (Fsp3) is 0.360. The van der Waals surface area contributed by atoms with E-state index in [1.165, 1.54) is 6.33 Å². The van der Waals surface area contributed by atoms with Crippen molar-refractivity contribution in [3.63, 3.8) is 0 Å². The number of ether oxygens (including phenoxy) is 3. The molecule has 2 aliphatic heterocycles. The highest BCUT2D eigenvalue weighted by molar-refractivity contribution is 5.64. The van der Waals surface area contributed by atoms with Crippen LogP contribution >= 0.6 is 0 Å². The third kappa shape index (κ3) is 5.25. The van der Waals surface area contributed by atoms with Crippen molar-refractivity contribution >= 4 is 17.3 Å². The van der Waals surface area contributed by atoms with Gasteiger partial charge in [0.25, 0.3) is 0 Å². The molecule has 0 bridgehead atoms. The summed E-state index contributed by atoms with van der Waals surface area (Å²) in [6, 6.07) is 15.8. The molecule has 5 rings (SSSR count). The van der Waals surface area contributed by atoms with Crippen molar-refractivity contribution in [1.82, 2.24) is 15.0 Å². The predicted molar refractivity (Wildman–Crippen MR) is 127 cm³/mol. The lowest BCUT2D eigenvalue weighted by molar-refractivity contribution is 0.0254. The molecule has 34 heavy (non-hydrogen) atoms. The SMILES string of the molecule is N#Cc1cc(-c2ncnc(Nc3ccc(N4CCOCC4)cc3)n2)ccc1OC1CCOCC1. The number of nitrogens with zero attached hydrogens (tertiary/aromatic N) is 5. The van der Waals surface area contributed by atoms with Crippen molar-refractivity contribution in [3.05, 3.63) is 54.4 Å². The molecule has 0 saturated carbocycles. The van der Waals surface area contributed by atoms with Crippen LogP contribution in [-0.4, -0.2) is 60.6 Å². The Balaban J connectivity index is 1.29. The summed E-state index contributed by atoms with van der Waals surface area (Å²) in [5.41, 5.74) is 3.23. The van der Waals surface area contributed by atoms with E-state index in [4.69, 9.17) is 14.2 Å². The quantitative estimate of drug-likeness (QED) is 0.593. The summed E-state index contributed by atoms with van der Waals surface area (Å²) in [6.45, 7) is 4.66. The summed E-state index contributed by atoms with van der Waals surface area (Å²) in [7, 11) is 0. The molecule has 3 heterocycles. The minimum absolute atomic E-state index is 0.0642. The zero-order valence-corrected chi connectivity index (χ0v) is 18.8. The minimum Gasteiger partial charge on any atom is -0.489 e. The molecule has 3 aromatic rings. The number of nitriles is 1. The molecule has 0 amide bonds. The molecule has 1 aromatic heterocycles. The topological polar surface area (TPSA) is 105 Å². The number of benzene rings is 2. The van der Waals surface area contributed by atoms with E-state index in [0.29, 0.717) is 36.3 Å². The molecule has 0 spiro atoms. The van der Waals surface area contributed by atoms with Gasteiger partial charge in [0.05, 0.1) is 32.0 Å². The lowest BCUT2D eigenvalue weighted by Crippen LogP contribution is -2.36. The molecule has 9 heteroatoms. The van der Waals surface area contributed by atoms with Crippen LogP contribution in [0.2, 0.25) is 0 Å². The lowest BCUT2D eigenvalue weighted by Gasteiger charge is -2.28. The maximum atomic E-state index is 9.65. The zero-order valence-electron chi connectivity index (χ0n) is 18.8. The van der Waals surface area contributed by atoms with Crippen molar-refractivity contribution < 1.29 is 14.2 Å². The first-order valence-electron chi connectivity index (χ1n) is 11.5. The van der Waals surface area contributed by atoms with Crippen LogP contribution in [0.25, 0.3) is 11.4 Å². The molecule has 2 fully saturated rings. The molecular formula is C25H26N6O3. The van der Waals surface area contributed by atoms with Crippen molar-refractivity contribution in [2.45, 2.75) is 18.9 Å². The second kappa shape index (κ2) is 10.5.